The van der Waals surface area contributed by atoms with E-state index >= 15 is 0 Å². The second-order valence-corrected chi connectivity index (χ2v) is 4.61. The number of rotatable bonds is 4. The number of anilines is 1. The maximum absolute atomic E-state index is 13.5. The summed E-state index contributed by atoms with van der Waals surface area (Å²) in [5.74, 6) is -2.06. The highest BCUT2D eigenvalue weighted by Crippen LogP contribution is 2.27. The molecule has 7 nitrogen and oxygen atoms in total. The fourth-order valence-corrected chi connectivity index (χ4v) is 1.84. The highest BCUT2D eigenvalue weighted by atomic mass is 19.1. The van der Waals surface area contributed by atoms with Gasteiger partial charge < -0.3 is 10.4 Å². The molecule has 120 valence electrons. The molecule has 2 rings (SSSR count). The van der Waals surface area contributed by atoms with Crippen LogP contribution in [0.3, 0.4) is 0 Å². The zero-order valence-electron chi connectivity index (χ0n) is 12.1. The van der Waals surface area contributed by atoms with Crippen LogP contribution >= 0.6 is 0 Å². The van der Waals surface area contributed by atoms with Crippen LogP contribution in [0.5, 0.6) is 5.75 Å². The van der Waals surface area contributed by atoms with E-state index in [-0.39, 0.29) is 16.8 Å². The predicted molar refractivity (Wildman–Crippen MR) is 83.4 cm³/mol. The average Bonchev–Trinajstić information content (AvgIpc) is 2.55. The van der Waals surface area contributed by atoms with Gasteiger partial charge in [0.05, 0.1) is 10.6 Å². The lowest BCUT2D eigenvalue weighted by Gasteiger charge is -2.05. The zero-order valence-corrected chi connectivity index (χ0v) is 12.1. The Balaban J connectivity index is 2.31. The zero-order chi connectivity index (χ0) is 17.7. The number of carbonyl (C=O) groups is 1. The number of nitro groups is 1. The van der Waals surface area contributed by atoms with Crippen molar-refractivity contribution in [1.82, 2.24) is 0 Å². The third-order valence-corrected chi connectivity index (χ3v) is 2.99. The van der Waals surface area contributed by atoms with Gasteiger partial charge in [0.1, 0.15) is 17.5 Å². The van der Waals surface area contributed by atoms with Crippen LogP contribution in [0.25, 0.3) is 6.08 Å². The van der Waals surface area contributed by atoms with Gasteiger partial charge in [-0.3, -0.25) is 14.9 Å². The Bertz CT molecular complexity index is 887. The molecule has 2 aromatic rings. The summed E-state index contributed by atoms with van der Waals surface area (Å²) in [6, 6.07) is 10.5. The molecule has 0 saturated heterocycles. The largest absolute Gasteiger partial charge is 0.502 e. The first kappa shape index (κ1) is 16.6. The van der Waals surface area contributed by atoms with E-state index in [9.17, 15) is 24.4 Å². The molecule has 0 spiro atoms. The van der Waals surface area contributed by atoms with Gasteiger partial charge >= 0.3 is 5.69 Å². The van der Waals surface area contributed by atoms with Crippen molar-refractivity contribution >= 4 is 23.4 Å². The van der Waals surface area contributed by atoms with Gasteiger partial charge in [-0.15, -0.1) is 0 Å². The minimum atomic E-state index is -0.863. The van der Waals surface area contributed by atoms with E-state index in [0.717, 1.165) is 24.3 Å². The highest BCUT2D eigenvalue weighted by molar-refractivity contribution is 6.09. The van der Waals surface area contributed by atoms with Gasteiger partial charge in [-0.25, -0.2) is 4.39 Å². The van der Waals surface area contributed by atoms with Gasteiger partial charge in [0.15, 0.2) is 5.75 Å². The highest BCUT2D eigenvalue weighted by Gasteiger charge is 2.15. The number of nitriles is 1. The Morgan fingerprint density at radius 1 is 1.33 bits per heavy atom. The lowest BCUT2D eigenvalue weighted by molar-refractivity contribution is -0.385. The van der Waals surface area contributed by atoms with Gasteiger partial charge in [-0.2, -0.15) is 5.26 Å². The number of amides is 1. The maximum Gasteiger partial charge on any atom is 0.311 e. The van der Waals surface area contributed by atoms with Crippen LogP contribution in [0, 0.1) is 27.3 Å². The van der Waals surface area contributed by atoms with Gasteiger partial charge in [0, 0.05) is 6.07 Å². The molecule has 8 heteroatoms. The molecule has 0 aliphatic carbocycles. The molecular weight excluding hydrogens is 317 g/mol. The summed E-state index contributed by atoms with van der Waals surface area (Å²) in [5.41, 5.74) is -0.867. The monoisotopic (exact) mass is 327 g/mol. The molecule has 0 aliphatic heterocycles. The number of benzene rings is 2. The molecule has 0 fully saturated rings. The summed E-state index contributed by atoms with van der Waals surface area (Å²) in [6.07, 6.45) is 1.10. The minimum absolute atomic E-state index is 0.0969. The lowest BCUT2D eigenvalue weighted by Crippen LogP contribution is -2.14. The number of phenolic OH excluding ortho intramolecular Hbond substituents is 1. The van der Waals surface area contributed by atoms with E-state index in [2.05, 4.69) is 5.32 Å². The Morgan fingerprint density at radius 2 is 2.04 bits per heavy atom. The number of aromatic hydroxyl groups is 1. The summed E-state index contributed by atoms with van der Waals surface area (Å²) >= 11 is 0. The first-order valence-corrected chi connectivity index (χ1v) is 6.57. The molecule has 0 aromatic heterocycles. The molecule has 0 atom stereocenters. The molecule has 0 radical (unpaired) electrons. The third kappa shape index (κ3) is 3.72. The molecule has 0 bridgehead atoms. The molecule has 2 aromatic carbocycles. The summed E-state index contributed by atoms with van der Waals surface area (Å²) < 4.78 is 13.5. The molecule has 0 saturated carbocycles. The van der Waals surface area contributed by atoms with Crippen LogP contribution in [-0.4, -0.2) is 15.9 Å². The Kier molecular flexibility index (Phi) is 4.87. The number of hydrogen-bond donors (Lipinski definition) is 2. The first-order valence-electron chi connectivity index (χ1n) is 6.57. The van der Waals surface area contributed by atoms with Crippen LogP contribution < -0.4 is 5.32 Å². The van der Waals surface area contributed by atoms with Crippen LogP contribution in [0.1, 0.15) is 5.56 Å². The SMILES string of the molecule is N#CC(=Cc1ccc(O)c([N+](=O)[O-])c1)C(=O)Nc1ccccc1F. The number of nitrogens with one attached hydrogen (secondary N) is 1. The van der Waals surface area contributed by atoms with E-state index in [0.29, 0.717) is 0 Å². The second kappa shape index (κ2) is 7.02. The van der Waals surface area contributed by atoms with Gasteiger partial charge in [0.25, 0.3) is 5.91 Å². The van der Waals surface area contributed by atoms with E-state index in [1.807, 2.05) is 0 Å². The normalized spacial score (nSPS) is 10.8. The Morgan fingerprint density at radius 3 is 2.67 bits per heavy atom. The van der Waals surface area contributed by atoms with Gasteiger partial charge in [-0.1, -0.05) is 18.2 Å². The fraction of sp³-hybridized carbons (Fsp3) is 0. The quantitative estimate of drug-likeness (QED) is 0.387. The van der Waals surface area contributed by atoms with Crippen LogP contribution in [-0.2, 0) is 4.79 Å². The number of nitrogens with zero attached hydrogens (tertiary/aromatic N) is 2. The minimum Gasteiger partial charge on any atom is -0.502 e. The first-order chi connectivity index (χ1) is 11.4. The summed E-state index contributed by atoms with van der Waals surface area (Å²) in [4.78, 5) is 22.0. The lowest BCUT2D eigenvalue weighted by atomic mass is 10.1. The van der Waals surface area contributed by atoms with Crippen LogP contribution in [0.2, 0.25) is 0 Å². The number of carbonyl (C=O) groups excluding carboxylic acids is 1. The van der Waals surface area contributed by atoms with E-state index in [1.54, 1.807) is 6.07 Å². The molecule has 0 unspecified atom stereocenters. The van der Waals surface area contributed by atoms with Crippen molar-refractivity contribution < 1.29 is 19.2 Å². The van der Waals surface area contributed by atoms with Crippen LogP contribution in [0.4, 0.5) is 15.8 Å². The number of hydrogen-bond acceptors (Lipinski definition) is 5. The van der Waals surface area contributed by atoms with Gasteiger partial charge in [-0.05, 0) is 29.8 Å². The molecular formula is C16H10FN3O4. The maximum atomic E-state index is 13.5. The number of para-hydroxylation sites is 1. The Labute approximate surface area is 135 Å². The smallest absolute Gasteiger partial charge is 0.311 e. The Hall–Kier alpha value is -3.73. The van der Waals surface area contributed by atoms with Crippen molar-refractivity contribution in [2.75, 3.05) is 5.32 Å². The van der Waals surface area contributed by atoms with E-state index < -0.39 is 28.1 Å². The van der Waals surface area contributed by atoms with E-state index in [1.165, 1.54) is 24.3 Å². The van der Waals surface area contributed by atoms with E-state index in [4.69, 9.17) is 5.26 Å². The molecule has 0 aliphatic rings. The summed E-state index contributed by atoms with van der Waals surface area (Å²) in [6.45, 7) is 0. The summed E-state index contributed by atoms with van der Waals surface area (Å²) in [5, 5.41) is 31.5. The van der Waals surface area contributed by atoms with Crippen molar-refractivity contribution in [3.8, 4) is 11.8 Å². The fourth-order valence-electron chi connectivity index (χ4n) is 1.84. The molecule has 24 heavy (non-hydrogen) atoms. The van der Waals surface area contributed by atoms with Crippen LogP contribution in [0.15, 0.2) is 48.0 Å². The standard InChI is InChI=1S/C16H10FN3O4/c17-12-3-1-2-4-13(12)19-16(22)11(9-18)7-10-5-6-15(21)14(8-10)20(23)24/h1-8,21H,(H,19,22). The summed E-state index contributed by atoms with van der Waals surface area (Å²) in [7, 11) is 0. The molecule has 1 amide bonds. The van der Waals surface area contributed by atoms with Crippen molar-refractivity contribution in [3.63, 3.8) is 0 Å². The topological polar surface area (TPSA) is 116 Å². The predicted octanol–water partition coefficient (Wildman–Crippen LogP) is 2.99. The third-order valence-electron chi connectivity index (χ3n) is 2.99. The molecule has 2 N–H and O–H groups in total. The van der Waals surface area contributed by atoms with Crippen molar-refractivity contribution in [2.24, 2.45) is 0 Å². The van der Waals surface area contributed by atoms with Crippen molar-refractivity contribution in [2.45, 2.75) is 0 Å². The number of halogens is 1. The molecule has 0 heterocycles. The number of phenols is 1. The number of nitro benzene ring substituents is 1. The second-order valence-electron chi connectivity index (χ2n) is 4.61. The van der Waals surface area contributed by atoms with Crippen molar-refractivity contribution in [1.29, 1.82) is 5.26 Å². The van der Waals surface area contributed by atoms with Crippen molar-refractivity contribution in [3.05, 3.63) is 69.5 Å². The van der Waals surface area contributed by atoms with Gasteiger partial charge in [0.2, 0.25) is 0 Å². The average molecular weight is 327 g/mol.